The predicted octanol–water partition coefficient (Wildman–Crippen LogP) is 6.16. The third kappa shape index (κ3) is 4.79. The van der Waals surface area contributed by atoms with Crippen molar-refractivity contribution in [3.05, 3.63) is 118 Å². The van der Waals surface area contributed by atoms with Gasteiger partial charge in [0.05, 0.1) is 28.5 Å². The zero-order valence-corrected chi connectivity index (χ0v) is 17.9. The van der Waals surface area contributed by atoms with E-state index in [9.17, 15) is 9.18 Å². The Kier molecular flexibility index (Phi) is 6.35. The number of carbonyl (C=O) groups is 1. The van der Waals surface area contributed by atoms with E-state index in [1.807, 2.05) is 36.4 Å². The molecule has 31 heavy (non-hydrogen) atoms. The smallest absolute Gasteiger partial charge is 0.256 e. The highest BCUT2D eigenvalue weighted by Gasteiger charge is 2.22. The Bertz CT molecular complexity index is 1210. The number of benzene rings is 3. The molecule has 0 aliphatic heterocycles. The van der Waals surface area contributed by atoms with E-state index in [0.29, 0.717) is 16.1 Å². The van der Waals surface area contributed by atoms with E-state index in [2.05, 4.69) is 5.10 Å². The van der Waals surface area contributed by atoms with Crippen molar-refractivity contribution in [2.45, 2.75) is 13.1 Å². The van der Waals surface area contributed by atoms with Gasteiger partial charge >= 0.3 is 0 Å². The fourth-order valence-corrected chi connectivity index (χ4v) is 3.75. The summed E-state index contributed by atoms with van der Waals surface area (Å²) in [4.78, 5) is 15.0. The molecule has 1 aromatic heterocycles. The highest BCUT2D eigenvalue weighted by molar-refractivity contribution is 6.33. The van der Waals surface area contributed by atoms with E-state index < -0.39 is 5.82 Å². The number of aromatic nitrogens is 2. The first-order valence-corrected chi connectivity index (χ1v) is 10.3. The molecule has 0 fully saturated rings. The number of hydrogen-bond acceptors (Lipinski definition) is 2. The van der Waals surface area contributed by atoms with Crippen molar-refractivity contribution in [1.29, 1.82) is 0 Å². The average Bonchev–Trinajstić information content (AvgIpc) is 3.24. The van der Waals surface area contributed by atoms with E-state index in [1.54, 1.807) is 46.1 Å². The van der Waals surface area contributed by atoms with Crippen LogP contribution in [0.15, 0.2) is 85.1 Å². The molecule has 156 valence electrons. The van der Waals surface area contributed by atoms with Gasteiger partial charge in [-0.05, 0) is 48.0 Å². The molecule has 0 radical (unpaired) electrons. The standard InChI is InChI=1S/C24H18Cl2FN3O/c25-22-9-5-4-8-21(22)24(31)29(15-17-10-11-18(27)14-23(17)26)16-20-12-13-28-30(20)19-6-2-1-3-7-19/h1-14H,15-16H2. The topological polar surface area (TPSA) is 38.1 Å². The maximum Gasteiger partial charge on any atom is 0.256 e. The Morgan fingerprint density at radius 3 is 2.39 bits per heavy atom. The quantitative estimate of drug-likeness (QED) is 0.350. The largest absolute Gasteiger partial charge is 0.328 e. The zero-order valence-electron chi connectivity index (χ0n) is 16.4. The maximum absolute atomic E-state index is 13.5. The second-order valence-electron chi connectivity index (χ2n) is 6.95. The van der Waals surface area contributed by atoms with E-state index in [-0.39, 0.29) is 24.0 Å². The third-order valence-corrected chi connectivity index (χ3v) is 5.52. The summed E-state index contributed by atoms with van der Waals surface area (Å²) in [6, 6.07) is 22.5. The normalized spacial score (nSPS) is 10.8. The molecular weight excluding hydrogens is 436 g/mol. The molecule has 4 aromatic rings. The third-order valence-electron chi connectivity index (χ3n) is 4.84. The van der Waals surface area contributed by atoms with Gasteiger partial charge in [-0.2, -0.15) is 5.10 Å². The van der Waals surface area contributed by atoms with Crippen LogP contribution < -0.4 is 0 Å². The Morgan fingerprint density at radius 1 is 0.903 bits per heavy atom. The molecule has 1 heterocycles. The number of para-hydroxylation sites is 1. The van der Waals surface area contributed by atoms with Crippen molar-refractivity contribution in [2.24, 2.45) is 0 Å². The van der Waals surface area contributed by atoms with Gasteiger partial charge < -0.3 is 4.90 Å². The molecule has 0 spiro atoms. The van der Waals surface area contributed by atoms with Gasteiger partial charge in [0.15, 0.2) is 0 Å². The number of halogens is 3. The van der Waals surface area contributed by atoms with Crippen LogP contribution in [0.1, 0.15) is 21.6 Å². The molecule has 4 nitrogen and oxygen atoms in total. The lowest BCUT2D eigenvalue weighted by Gasteiger charge is -2.24. The lowest BCUT2D eigenvalue weighted by molar-refractivity contribution is 0.0727. The van der Waals surface area contributed by atoms with Crippen molar-refractivity contribution in [2.75, 3.05) is 0 Å². The average molecular weight is 454 g/mol. The Balaban J connectivity index is 1.70. The second-order valence-corrected chi connectivity index (χ2v) is 7.76. The monoisotopic (exact) mass is 453 g/mol. The number of rotatable bonds is 6. The summed E-state index contributed by atoms with van der Waals surface area (Å²) in [5.74, 6) is -0.688. The highest BCUT2D eigenvalue weighted by atomic mass is 35.5. The minimum absolute atomic E-state index is 0.184. The van der Waals surface area contributed by atoms with E-state index in [0.717, 1.165) is 11.4 Å². The number of amides is 1. The summed E-state index contributed by atoms with van der Waals surface area (Å²) in [6.07, 6.45) is 1.69. The minimum Gasteiger partial charge on any atom is -0.328 e. The first-order chi connectivity index (χ1) is 15.0. The van der Waals surface area contributed by atoms with Crippen LogP contribution in [-0.4, -0.2) is 20.6 Å². The zero-order chi connectivity index (χ0) is 21.8. The van der Waals surface area contributed by atoms with Crippen LogP contribution in [0.4, 0.5) is 4.39 Å². The van der Waals surface area contributed by atoms with Gasteiger partial charge in [-0.3, -0.25) is 4.79 Å². The molecule has 7 heteroatoms. The molecular formula is C24H18Cl2FN3O. The number of carbonyl (C=O) groups excluding carboxylic acids is 1. The van der Waals surface area contributed by atoms with E-state index >= 15 is 0 Å². The van der Waals surface area contributed by atoms with E-state index in [4.69, 9.17) is 23.2 Å². The van der Waals surface area contributed by atoms with Crippen LogP contribution in [0.2, 0.25) is 10.0 Å². The van der Waals surface area contributed by atoms with Gasteiger partial charge in [-0.1, -0.05) is 59.6 Å². The fraction of sp³-hybridized carbons (Fsp3) is 0.0833. The van der Waals surface area contributed by atoms with Gasteiger partial charge in [-0.25, -0.2) is 9.07 Å². The lowest BCUT2D eigenvalue weighted by Crippen LogP contribution is -2.31. The molecule has 0 N–H and O–H groups in total. The molecule has 3 aromatic carbocycles. The van der Waals surface area contributed by atoms with E-state index in [1.165, 1.54) is 12.1 Å². The molecule has 0 aliphatic rings. The summed E-state index contributed by atoms with van der Waals surface area (Å²) in [7, 11) is 0. The molecule has 1 amide bonds. The molecule has 0 bridgehead atoms. The van der Waals surface area contributed by atoms with Gasteiger partial charge in [0.2, 0.25) is 0 Å². The number of nitrogens with zero attached hydrogens (tertiary/aromatic N) is 3. The molecule has 4 rings (SSSR count). The Labute approximate surface area is 189 Å². The molecule has 0 saturated heterocycles. The van der Waals surface area contributed by atoms with Gasteiger partial charge in [0, 0.05) is 17.8 Å². The van der Waals surface area contributed by atoms with Crippen molar-refractivity contribution >= 4 is 29.1 Å². The minimum atomic E-state index is -0.431. The van der Waals surface area contributed by atoms with Crippen LogP contribution in [0.3, 0.4) is 0 Å². The van der Waals surface area contributed by atoms with Crippen LogP contribution >= 0.6 is 23.2 Å². The van der Waals surface area contributed by atoms with Crippen LogP contribution in [0.5, 0.6) is 0 Å². The van der Waals surface area contributed by atoms with Gasteiger partial charge in [0.25, 0.3) is 5.91 Å². The summed E-state index contributed by atoms with van der Waals surface area (Å²) in [5, 5.41) is 5.02. The SMILES string of the molecule is O=C(c1ccccc1Cl)N(Cc1ccc(F)cc1Cl)Cc1ccnn1-c1ccccc1. The van der Waals surface area contributed by atoms with Crippen molar-refractivity contribution in [3.8, 4) is 5.69 Å². The van der Waals surface area contributed by atoms with Crippen LogP contribution in [0.25, 0.3) is 5.69 Å². The second kappa shape index (κ2) is 9.33. The molecule has 0 saturated carbocycles. The highest BCUT2D eigenvalue weighted by Crippen LogP contribution is 2.24. The summed E-state index contributed by atoms with van der Waals surface area (Å²) in [5.41, 5.74) is 2.71. The first-order valence-electron chi connectivity index (χ1n) is 9.59. The predicted molar refractivity (Wildman–Crippen MR) is 120 cm³/mol. The summed E-state index contributed by atoms with van der Waals surface area (Å²) >= 11 is 12.5. The molecule has 0 atom stereocenters. The van der Waals surface area contributed by atoms with Crippen LogP contribution in [0, 0.1) is 5.82 Å². The molecule has 0 unspecified atom stereocenters. The van der Waals surface area contributed by atoms with Gasteiger partial charge in [-0.15, -0.1) is 0 Å². The Morgan fingerprint density at radius 2 is 1.65 bits per heavy atom. The Hall–Kier alpha value is -3.15. The molecule has 0 aliphatic carbocycles. The van der Waals surface area contributed by atoms with Gasteiger partial charge in [0.1, 0.15) is 5.82 Å². The first kappa shape index (κ1) is 21.1. The fourth-order valence-electron chi connectivity index (χ4n) is 3.31. The van der Waals surface area contributed by atoms with Crippen molar-refractivity contribution in [3.63, 3.8) is 0 Å². The summed E-state index contributed by atoms with van der Waals surface area (Å²) < 4.78 is 15.3. The maximum atomic E-state index is 13.5. The van der Waals surface area contributed by atoms with Crippen LogP contribution in [-0.2, 0) is 13.1 Å². The van der Waals surface area contributed by atoms with Crippen molar-refractivity contribution in [1.82, 2.24) is 14.7 Å². The number of hydrogen-bond donors (Lipinski definition) is 0. The van der Waals surface area contributed by atoms with Crippen molar-refractivity contribution < 1.29 is 9.18 Å². The lowest BCUT2D eigenvalue weighted by atomic mass is 10.1. The summed E-state index contributed by atoms with van der Waals surface area (Å²) in [6.45, 7) is 0.440.